The number of carbonyl (C=O) groups is 3. The fourth-order valence-corrected chi connectivity index (χ4v) is 2.65. The minimum absolute atomic E-state index is 0.0487. The normalized spacial score (nSPS) is 25.3. The minimum atomic E-state index is -1.16. The van der Waals surface area contributed by atoms with Crippen molar-refractivity contribution in [2.24, 2.45) is 11.8 Å². The molecule has 0 radical (unpaired) electrons. The summed E-state index contributed by atoms with van der Waals surface area (Å²) in [7, 11) is 0. The van der Waals surface area contributed by atoms with Gasteiger partial charge in [0.2, 0.25) is 11.8 Å². The fourth-order valence-electron chi connectivity index (χ4n) is 2.29. The summed E-state index contributed by atoms with van der Waals surface area (Å²) in [4.78, 5) is 36.0. The maximum atomic E-state index is 11.9. The number of hydrogen-bond acceptors (Lipinski definition) is 3. The highest BCUT2D eigenvalue weighted by molar-refractivity contribution is 9.10. The first-order valence-corrected chi connectivity index (χ1v) is 6.20. The van der Waals surface area contributed by atoms with E-state index in [0.29, 0.717) is 10.9 Å². The van der Waals surface area contributed by atoms with Crippen LogP contribution in [0.2, 0.25) is 0 Å². The van der Waals surface area contributed by atoms with E-state index in [1.807, 2.05) is 0 Å². The summed E-state index contributed by atoms with van der Waals surface area (Å²) in [5.41, 5.74) is 0.111. The van der Waals surface area contributed by atoms with Crippen molar-refractivity contribution >= 4 is 39.4 Å². The molecule has 1 aliphatic carbocycles. The molecule has 1 heterocycles. The van der Waals surface area contributed by atoms with Crippen LogP contribution in [0.4, 0.5) is 5.69 Å². The van der Waals surface area contributed by atoms with Crippen molar-refractivity contribution in [3.63, 3.8) is 0 Å². The second-order valence-corrected chi connectivity index (χ2v) is 5.34. The average Bonchev–Trinajstić information content (AvgIpc) is 3.06. The number of aromatic carboxylic acids is 1. The van der Waals surface area contributed by atoms with Crippen molar-refractivity contribution < 1.29 is 19.5 Å². The van der Waals surface area contributed by atoms with E-state index in [-0.39, 0.29) is 34.9 Å². The number of anilines is 1. The number of amides is 2. The van der Waals surface area contributed by atoms with E-state index in [4.69, 9.17) is 5.11 Å². The van der Waals surface area contributed by atoms with Gasteiger partial charge >= 0.3 is 5.97 Å². The smallest absolute Gasteiger partial charge is 0.337 e. The van der Waals surface area contributed by atoms with Gasteiger partial charge in [-0.05, 0) is 24.6 Å². The molecule has 2 atom stereocenters. The highest BCUT2D eigenvalue weighted by Gasteiger charge is 2.59. The van der Waals surface area contributed by atoms with Gasteiger partial charge < -0.3 is 5.11 Å². The Morgan fingerprint density at radius 2 is 1.89 bits per heavy atom. The van der Waals surface area contributed by atoms with Gasteiger partial charge in [0.15, 0.2) is 0 Å². The molecule has 5 nitrogen and oxygen atoms in total. The van der Waals surface area contributed by atoms with Gasteiger partial charge in [-0.3, -0.25) is 9.59 Å². The predicted molar refractivity (Wildman–Crippen MR) is 65.2 cm³/mol. The SMILES string of the molecule is O=C(O)c1cc(Br)ccc1N1C(=O)C2CC2C1=O. The van der Waals surface area contributed by atoms with Gasteiger partial charge in [0.05, 0.1) is 23.1 Å². The molecule has 0 spiro atoms. The Hall–Kier alpha value is -1.69. The largest absolute Gasteiger partial charge is 0.478 e. The van der Waals surface area contributed by atoms with E-state index >= 15 is 0 Å². The Labute approximate surface area is 111 Å². The number of piperidine rings is 1. The summed E-state index contributed by atoms with van der Waals surface area (Å²) in [6.45, 7) is 0. The van der Waals surface area contributed by atoms with Crippen molar-refractivity contribution in [2.45, 2.75) is 6.42 Å². The van der Waals surface area contributed by atoms with E-state index in [0.717, 1.165) is 4.90 Å². The van der Waals surface area contributed by atoms with Crippen molar-refractivity contribution in [1.29, 1.82) is 0 Å². The summed E-state index contributed by atoms with van der Waals surface area (Å²) >= 11 is 3.17. The van der Waals surface area contributed by atoms with Crippen LogP contribution in [0.15, 0.2) is 22.7 Å². The van der Waals surface area contributed by atoms with Crippen molar-refractivity contribution in [1.82, 2.24) is 0 Å². The maximum Gasteiger partial charge on any atom is 0.337 e. The topological polar surface area (TPSA) is 74.7 Å². The fraction of sp³-hybridized carbons (Fsp3) is 0.250. The van der Waals surface area contributed by atoms with Crippen LogP contribution in [0, 0.1) is 11.8 Å². The molecule has 2 unspecified atom stereocenters. The number of rotatable bonds is 2. The molecular weight excluding hydrogens is 302 g/mol. The van der Waals surface area contributed by atoms with Crippen LogP contribution in [-0.4, -0.2) is 22.9 Å². The Bertz CT molecular complexity index is 578. The minimum Gasteiger partial charge on any atom is -0.478 e. The molecule has 2 aliphatic rings. The second kappa shape index (κ2) is 3.65. The first-order chi connectivity index (χ1) is 8.50. The molecule has 3 rings (SSSR count). The molecule has 6 heteroatoms. The lowest BCUT2D eigenvalue weighted by Gasteiger charge is -2.18. The zero-order chi connectivity index (χ0) is 13.0. The highest BCUT2D eigenvalue weighted by atomic mass is 79.9. The van der Waals surface area contributed by atoms with Crippen molar-refractivity contribution in [3.05, 3.63) is 28.2 Å². The third-order valence-electron chi connectivity index (χ3n) is 3.30. The maximum absolute atomic E-state index is 11.9. The monoisotopic (exact) mass is 309 g/mol. The summed E-state index contributed by atoms with van der Waals surface area (Å²) in [6.07, 6.45) is 0.604. The van der Waals surface area contributed by atoms with Crippen LogP contribution >= 0.6 is 15.9 Å². The molecule has 2 amide bonds. The Kier molecular flexibility index (Phi) is 2.31. The van der Waals surface area contributed by atoms with Crippen LogP contribution in [0.3, 0.4) is 0 Å². The van der Waals surface area contributed by atoms with Gasteiger partial charge in [-0.25, -0.2) is 9.69 Å². The lowest BCUT2D eigenvalue weighted by atomic mass is 10.1. The zero-order valence-corrected chi connectivity index (χ0v) is 10.7. The number of benzene rings is 1. The first-order valence-electron chi connectivity index (χ1n) is 5.41. The van der Waals surface area contributed by atoms with E-state index in [2.05, 4.69) is 15.9 Å². The molecule has 1 saturated carbocycles. The molecule has 1 aromatic carbocycles. The Morgan fingerprint density at radius 1 is 1.28 bits per heavy atom. The molecule has 0 aromatic heterocycles. The lowest BCUT2D eigenvalue weighted by molar-refractivity contribution is -0.123. The standard InChI is InChI=1S/C12H8BrNO4/c13-5-1-2-9(8(3-5)12(17)18)14-10(15)6-4-7(6)11(14)16/h1-3,6-7H,4H2,(H,17,18). The zero-order valence-electron chi connectivity index (χ0n) is 9.09. The summed E-state index contributed by atoms with van der Waals surface area (Å²) in [5, 5.41) is 9.13. The second-order valence-electron chi connectivity index (χ2n) is 4.43. The van der Waals surface area contributed by atoms with Gasteiger partial charge in [-0.1, -0.05) is 15.9 Å². The third kappa shape index (κ3) is 1.49. The molecule has 18 heavy (non-hydrogen) atoms. The molecule has 2 fully saturated rings. The van der Waals surface area contributed by atoms with Crippen molar-refractivity contribution in [2.75, 3.05) is 4.90 Å². The molecule has 92 valence electrons. The van der Waals surface area contributed by atoms with Gasteiger partial charge in [0.25, 0.3) is 0 Å². The number of hydrogen-bond donors (Lipinski definition) is 1. The summed E-state index contributed by atoms with van der Waals surface area (Å²) in [6, 6.07) is 4.49. The van der Waals surface area contributed by atoms with E-state index in [1.165, 1.54) is 12.1 Å². The quantitative estimate of drug-likeness (QED) is 0.843. The van der Waals surface area contributed by atoms with Crippen LogP contribution in [-0.2, 0) is 9.59 Å². The number of fused-ring (bicyclic) bond motifs is 1. The van der Waals surface area contributed by atoms with Crippen molar-refractivity contribution in [3.8, 4) is 0 Å². The number of carbonyl (C=O) groups excluding carboxylic acids is 2. The number of nitrogens with zero attached hydrogens (tertiary/aromatic N) is 1. The van der Waals surface area contributed by atoms with Crippen LogP contribution in [0.5, 0.6) is 0 Å². The first kappa shape index (κ1) is 11.4. The summed E-state index contributed by atoms with van der Waals surface area (Å²) in [5.74, 6) is -2.19. The van der Waals surface area contributed by atoms with Gasteiger partial charge in [-0.15, -0.1) is 0 Å². The molecule has 1 aliphatic heterocycles. The molecule has 1 saturated heterocycles. The highest BCUT2D eigenvalue weighted by Crippen LogP contribution is 2.48. The molecule has 1 aromatic rings. The van der Waals surface area contributed by atoms with Gasteiger partial charge in [0.1, 0.15) is 0 Å². The van der Waals surface area contributed by atoms with E-state index in [1.54, 1.807) is 6.07 Å². The average molecular weight is 310 g/mol. The van der Waals surface area contributed by atoms with Crippen LogP contribution in [0.25, 0.3) is 0 Å². The molecule has 0 bridgehead atoms. The number of halogens is 1. The van der Waals surface area contributed by atoms with Crippen LogP contribution < -0.4 is 4.90 Å². The third-order valence-corrected chi connectivity index (χ3v) is 3.79. The number of carboxylic acids is 1. The van der Waals surface area contributed by atoms with Gasteiger partial charge in [0, 0.05) is 4.47 Å². The lowest BCUT2D eigenvalue weighted by Crippen LogP contribution is -2.34. The van der Waals surface area contributed by atoms with E-state index < -0.39 is 5.97 Å². The molecular formula is C12H8BrNO4. The number of imide groups is 1. The summed E-state index contributed by atoms with van der Waals surface area (Å²) < 4.78 is 0.591. The van der Waals surface area contributed by atoms with E-state index in [9.17, 15) is 14.4 Å². The Balaban J connectivity index is 2.10. The van der Waals surface area contributed by atoms with Crippen LogP contribution in [0.1, 0.15) is 16.8 Å². The Morgan fingerprint density at radius 3 is 2.44 bits per heavy atom. The molecule has 1 N–H and O–H groups in total. The number of carboxylic acid groups (broad SMARTS) is 1. The predicted octanol–water partition coefficient (Wildman–Crippen LogP) is 1.66. The van der Waals surface area contributed by atoms with Gasteiger partial charge in [-0.2, -0.15) is 0 Å².